The minimum atomic E-state index is -0.281. The lowest BCUT2D eigenvalue weighted by Crippen LogP contribution is -2.39. The van der Waals surface area contributed by atoms with Crippen LogP contribution >= 0.6 is 0 Å². The van der Waals surface area contributed by atoms with E-state index in [2.05, 4.69) is 9.88 Å². The molecular weight excluding hydrogens is 285 g/mol. The van der Waals surface area contributed by atoms with Gasteiger partial charge in [0.1, 0.15) is 11.5 Å². The molecule has 0 amide bonds. The fourth-order valence-corrected chi connectivity index (χ4v) is 2.97. The second-order valence-corrected chi connectivity index (χ2v) is 5.67. The second-order valence-electron chi connectivity index (χ2n) is 5.67. The van der Waals surface area contributed by atoms with Crippen LogP contribution in [0.4, 0.5) is 4.39 Å². The molecule has 0 N–H and O–H groups in total. The lowest BCUT2D eigenvalue weighted by atomic mass is 9.98. The van der Waals surface area contributed by atoms with Gasteiger partial charge in [0.25, 0.3) is 0 Å². The van der Waals surface area contributed by atoms with E-state index in [0.717, 1.165) is 30.7 Å². The molecule has 1 unspecified atom stereocenters. The van der Waals surface area contributed by atoms with Crippen molar-refractivity contribution in [2.75, 3.05) is 19.7 Å². The smallest absolute Gasteiger partial charge is 0.310 e. The van der Waals surface area contributed by atoms with Crippen LogP contribution in [0.3, 0.4) is 0 Å². The Morgan fingerprint density at radius 1 is 1.45 bits per heavy atom. The molecule has 0 spiro atoms. The van der Waals surface area contributed by atoms with Crippen LogP contribution < -0.4 is 0 Å². The maximum Gasteiger partial charge on any atom is 0.310 e. The van der Waals surface area contributed by atoms with Gasteiger partial charge in [0.2, 0.25) is 0 Å². The number of carbonyl (C=O) groups excluding carboxylic acids is 1. The van der Waals surface area contributed by atoms with Crippen molar-refractivity contribution in [2.24, 2.45) is 5.92 Å². The van der Waals surface area contributed by atoms with E-state index < -0.39 is 0 Å². The van der Waals surface area contributed by atoms with Crippen molar-refractivity contribution in [2.45, 2.75) is 26.3 Å². The van der Waals surface area contributed by atoms with Crippen LogP contribution in [0.1, 0.15) is 25.5 Å². The molecule has 2 aromatic heterocycles. The summed E-state index contributed by atoms with van der Waals surface area (Å²) in [6.07, 6.45) is 5.12. The van der Waals surface area contributed by atoms with Crippen LogP contribution in [0.5, 0.6) is 0 Å². The summed E-state index contributed by atoms with van der Waals surface area (Å²) in [5.41, 5.74) is 1.62. The van der Waals surface area contributed by atoms with Gasteiger partial charge in [-0.15, -0.1) is 0 Å². The molecule has 0 bridgehead atoms. The number of imidazole rings is 1. The topological polar surface area (TPSA) is 46.8 Å². The van der Waals surface area contributed by atoms with E-state index >= 15 is 0 Å². The summed E-state index contributed by atoms with van der Waals surface area (Å²) in [5, 5.41) is 0. The van der Waals surface area contributed by atoms with Crippen LogP contribution in [0, 0.1) is 11.7 Å². The third-order valence-corrected chi connectivity index (χ3v) is 3.98. The molecule has 1 atom stereocenters. The third-order valence-electron chi connectivity index (χ3n) is 3.98. The zero-order valence-corrected chi connectivity index (χ0v) is 12.7. The Bertz CT molecular complexity index is 670. The van der Waals surface area contributed by atoms with Gasteiger partial charge in [-0.3, -0.25) is 9.69 Å². The summed E-state index contributed by atoms with van der Waals surface area (Å²) in [6, 6.07) is 3.07. The van der Waals surface area contributed by atoms with Gasteiger partial charge in [0, 0.05) is 25.5 Å². The van der Waals surface area contributed by atoms with Crippen LogP contribution in [-0.2, 0) is 16.1 Å². The van der Waals surface area contributed by atoms with Gasteiger partial charge in [-0.2, -0.15) is 0 Å². The Kier molecular flexibility index (Phi) is 4.38. The maximum absolute atomic E-state index is 13.2. The largest absolute Gasteiger partial charge is 0.466 e. The lowest BCUT2D eigenvalue weighted by molar-refractivity contribution is -0.150. The lowest BCUT2D eigenvalue weighted by Gasteiger charge is -2.30. The number of halogens is 1. The molecule has 22 heavy (non-hydrogen) atoms. The van der Waals surface area contributed by atoms with Gasteiger partial charge in [0.15, 0.2) is 0 Å². The third kappa shape index (κ3) is 3.27. The number of hydrogen-bond donors (Lipinski definition) is 0. The minimum absolute atomic E-state index is 0.0526. The maximum atomic E-state index is 13.2. The highest BCUT2D eigenvalue weighted by molar-refractivity contribution is 5.72. The Morgan fingerprint density at radius 3 is 3.14 bits per heavy atom. The first-order valence-electron chi connectivity index (χ1n) is 7.68. The molecule has 0 aliphatic carbocycles. The highest BCUT2D eigenvalue weighted by Gasteiger charge is 2.27. The summed E-state index contributed by atoms with van der Waals surface area (Å²) in [6.45, 7) is 4.56. The van der Waals surface area contributed by atoms with Crippen molar-refractivity contribution in [1.82, 2.24) is 14.3 Å². The number of likely N-dealkylation sites (tertiary alicyclic amines) is 1. The number of fused-ring (bicyclic) bond motifs is 1. The summed E-state index contributed by atoms with van der Waals surface area (Å²) in [7, 11) is 0. The monoisotopic (exact) mass is 305 g/mol. The summed E-state index contributed by atoms with van der Waals surface area (Å²) < 4.78 is 20.0. The molecular formula is C16H20FN3O2. The molecule has 3 heterocycles. The normalized spacial score (nSPS) is 19.5. The van der Waals surface area contributed by atoms with Crippen molar-refractivity contribution in [3.63, 3.8) is 0 Å². The number of ether oxygens (including phenoxy) is 1. The molecule has 1 fully saturated rings. The minimum Gasteiger partial charge on any atom is -0.466 e. The average Bonchev–Trinajstić information content (AvgIpc) is 2.89. The van der Waals surface area contributed by atoms with E-state index in [1.807, 2.05) is 13.1 Å². The molecule has 1 aliphatic heterocycles. The fraction of sp³-hybridized carbons (Fsp3) is 0.500. The van der Waals surface area contributed by atoms with E-state index in [9.17, 15) is 9.18 Å². The molecule has 118 valence electrons. The van der Waals surface area contributed by atoms with Crippen LogP contribution in [0.2, 0.25) is 0 Å². The van der Waals surface area contributed by atoms with E-state index in [4.69, 9.17) is 4.74 Å². The first-order valence-corrected chi connectivity index (χ1v) is 7.68. The van der Waals surface area contributed by atoms with Gasteiger partial charge in [0.05, 0.1) is 18.2 Å². The predicted octanol–water partition coefficient (Wildman–Crippen LogP) is 2.25. The van der Waals surface area contributed by atoms with E-state index in [1.54, 1.807) is 10.5 Å². The quantitative estimate of drug-likeness (QED) is 0.813. The number of nitrogens with zero attached hydrogens (tertiary/aromatic N) is 3. The molecule has 1 aliphatic rings. The Balaban J connectivity index is 1.67. The summed E-state index contributed by atoms with van der Waals surface area (Å²) in [4.78, 5) is 18.6. The zero-order chi connectivity index (χ0) is 15.5. The molecule has 0 saturated carbocycles. The van der Waals surface area contributed by atoms with Gasteiger partial charge < -0.3 is 9.14 Å². The zero-order valence-electron chi connectivity index (χ0n) is 12.7. The number of pyridine rings is 1. The number of carbonyl (C=O) groups is 1. The fourth-order valence-electron chi connectivity index (χ4n) is 2.97. The second kappa shape index (κ2) is 6.44. The first kappa shape index (κ1) is 15.0. The highest BCUT2D eigenvalue weighted by atomic mass is 19.1. The predicted molar refractivity (Wildman–Crippen MR) is 79.8 cm³/mol. The van der Waals surface area contributed by atoms with Crippen LogP contribution in [0.25, 0.3) is 5.65 Å². The van der Waals surface area contributed by atoms with Gasteiger partial charge in [-0.25, -0.2) is 9.37 Å². The molecule has 1 saturated heterocycles. The van der Waals surface area contributed by atoms with Crippen molar-refractivity contribution in [3.8, 4) is 0 Å². The van der Waals surface area contributed by atoms with Gasteiger partial charge >= 0.3 is 5.97 Å². The Hall–Kier alpha value is -1.95. The molecule has 0 radical (unpaired) electrons. The number of hydrogen-bond acceptors (Lipinski definition) is 4. The van der Waals surface area contributed by atoms with Crippen LogP contribution in [0.15, 0.2) is 24.5 Å². The highest BCUT2D eigenvalue weighted by Crippen LogP contribution is 2.20. The SMILES string of the molecule is CCOC(=O)C1CCCN(Cc2cn3cc(F)ccc3n2)C1. The Morgan fingerprint density at radius 2 is 2.32 bits per heavy atom. The van der Waals surface area contributed by atoms with Gasteiger partial charge in [-0.05, 0) is 38.4 Å². The molecule has 6 heteroatoms. The van der Waals surface area contributed by atoms with E-state index in [0.29, 0.717) is 19.7 Å². The number of esters is 1. The number of aromatic nitrogens is 2. The molecule has 2 aromatic rings. The molecule has 0 aromatic carbocycles. The number of piperidine rings is 1. The van der Waals surface area contributed by atoms with E-state index in [1.165, 1.54) is 12.3 Å². The van der Waals surface area contributed by atoms with Crippen molar-refractivity contribution in [1.29, 1.82) is 0 Å². The average molecular weight is 305 g/mol. The van der Waals surface area contributed by atoms with Crippen LogP contribution in [-0.4, -0.2) is 40.0 Å². The first-order chi connectivity index (χ1) is 10.7. The van der Waals surface area contributed by atoms with E-state index in [-0.39, 0.29) is 17.7 Å². The van der Waals surface area contributed by atoms with Crippen molar-refractivity contribution in [3.05, 3.63) is 36.0 Å². The number of rotatable bonds is 4. The van der Waals surface area contributed by atoms with Gasteiger partial charge in [-0.1, -0.05) is 0 Å². The summed E-state index contributed by atoms with van der Waals surface area (Å²) in [5.74, 6) is -0.441. The van der Waals surface area contributed by atoms with Crippen molar-refractivity contribution >= 4 is 11.6 Å². The van der Waals surface area contributed by atoms with Crippen molar-refractivity contribution < 1.29 is 13.9 Å². The summed E-state index contributed by atoms with van der Waals surface area (Å²) >= 11 is 0. The Labute approximate surface area is 128 Å². The standard InChI is InChI=1S/C16H20FN3O2/c1-2-22-16(21)12-4-3-7-19(8-12)10-14-11-20-9-13(17)5-6-15(20)18-14/h5-6,9,11-12H,2-4,7-8,10H2,1H3. The molecule has 5 nitrogen and oxygen atoms in total. The molecule has 3 rings (SSSR count).